The van der Waals surface area contributed by atoms with Crippen molar-refractivity contribution in [2.75, 3.05) is 27.9 Å². The summed E-state index contributed by atoms with van der Waals surface area (Å²) in [5.74, 6) is 1.75. The van der Waals surface area contributed by atoms with Gasteiger partial charge < -0.3 is 24.8 Å². The molecule has 0 atom stereocenters. The van der Waals surface area contributed by atoms with Crippen LogP contribution in [0.1, 0.15) is 11.1 Å². The zero-order chi connectivity index (χ0) is 21.3. The van der Waals surface area contributed by atoms with Crippen LogP contribution in [-0.2, 0) is 13.1 Å². The molecule has 2 N–H and O–H groups in total. The van der Waals surface area contributed by atoms with Gasteiger partial charge in [0.2, 0.25) is 5.88 Å². The summed E-state index contributed by atoms with van der Waals surface area (Å²) in [4.78, 5) is 8.00. The molecule has 0 aliphatic rings. The Morgan fingerprint density at radius 3 is 2.21 bits per heavy atom. The number of guanidine groups is 1. The molecular formula is C19H23F3N4O3. The van der Waals surface area contributed by atoms with Gasteiger partial charge in [0, 0.05) is 32.4 Å². The number of benzene rings is 1. The van der Waals surface area contributed by atoms with E-state index in [1.54, 1.807) is 27.3 Å². The lowest BCUT2D eigenvalue weighted by Gasteiger charge is -2.14. The summed E-state index contributed by atoms with van der Waals surface area (Å²) >= 11 is 0. The summed E-state index contributed by atoms with van der Waals surface area (Å²) in [6, 6.07) is 8.62. The number of pyridine rings is 1. The number of hydrogen-bond acceptors (Lipinski definition) is 5. The van der Waals surface area contributed by atoms with E-state index in [-0.39, 0.29) is 5.88 Å². The summed E-state index contributed by atoms with van der Waals surface area (Å²) in [7, 11) is 4.78. The molecule has 1 aromatic heterocycles. The van der Waals surface area contributed by atoms with Crippen LogP contribution in [-0.4, -0.2) is 45.0 Å². The monoisotopic (exact) mass is 412 g/mol. The number of aromatic nitrogens is 1. The van der Waals surface area contributed by atoms with E-state index in [9.17, 15) is 13.2 Å². The highest BCUT2D eigenvalue weighted by Gasteiger charge is 2.28. The number of halogens is 3. The summed E-state index contributed by atoms with van der Waals surface area (Å²) < 4.78 is 51.5. The van der Waals surface area contributed by atoms with Crippen molar-refractivity contribution in [3.8, 4) is 17.4 Å². The largest absolute Gasteiger partial charge is 0.493 e. The Morgan fingerprint density at radius 2 is 1.66 bits per heavy atom. The van der Waals surface area contributed by atoms with Crippen molar-refractivity contribution < 1.29 is 27.4 Å². The number of methoxy groups -OCH3 is 2. The van der Waals surface area contributed by atoms with Crippen LogP contribution in [0.25, 0.3) is 0 Å². The maximum Gasteiger partial charge on any atom is 0.422 e. The van der Waals surface area contributed by atoms with Crippen molar-refractivity contribution in [3.05, 3.63) is 47.7 Å². The predicted octanol–water partition coefficient (Wildman–Crippen LogP) is 2.91. The van der Waals surface area contributed by atoms with Gasteiger partial charge in [-0.3, -0.25) is 4.99 Å². The molecule has 0 radical (unpaired) electrons. The maximum atomic E-state index is 12.1. The van der Waals surface area contributed by atoms with Crippen LogP contribution in [0.5, 0.6) is 17.4 Å². The zero-order valence-corrected chi connectivity index (χ0v) is 16.3. The molecule has 1 aromatic carbocycles. The van der Waals surface area contributed by atoms with E-state index in [4.69, 9.17) is 9.47 Å². The van der Waals surface area contributed by atoms with Crippen LogP contribution >= 0.6 is 0 Å². The van der Waals surface area contributed by atoms with Gasteiger partial charge in [0.15, 0.2) is 24.1 Å². The number of nitrogens with zero attached hydrogens (tertiary/aromatic N) is 2. The lowest BCUT2D eigenvalue weighted by molar-refractivity contribution is -0.154. The SMILES string of the molecule is CN=C(NCc1ccc(OCC(F)(F)F)nc1)NCc1ccc(OC)c(OC)c1. The highest BCUT2D eigenvalue weighted by molar-refractivity contribution is 5.79. The molecule has 0 aliphatic carbocycles. The number of rotatable bonds is 8. The topological polar surface area (TPSA) is 77.0 Å². The van der Waals surface area contributed by atoms with E-state index in [1.807, 2.05) is 18.2 Å². The maximum absolute atomic E-state index is 12.1. The normalized spacial score (nSPS) is 11.7. The summed E-state index contributed by atoms with van der Waals surface area (Å²) in [6.07, 6.45) is -2.95. The molecule has 0 saturated carbocycles. The van der Waals surface area contributed by atoms with Gasteiger partial charge in [-0.1, -0.05) is 12.1 Å². The summed E-state index contributed by atoms with van der Waals surface area (Å²) in [5.41, 5.74) is 1.73. The first-order valence-corrected chi connectivity index (χ1v) is 8.64. The number of nitrogens with one attached hydrogen (secondary N) is 2. The molecule has 1 heterocycles. The van der Waals surface area contributed by atoms with E-state index in [2.05, 4.69) is 25.3 Å². The first-order chi connectivity index (χ1) is 13.8. The van der Waals surface area contributed by atoms with E-state index >= 15 is 0 Å². The Balaban J connectivity index is 1.84. The smallest absolute Gasteiger partial charge is 0.422 e. The molecule has 2 rings (SSSR count). The van der Waals surface area contributed by atoms with E-state index < -0.39 is 12.8 Å². The van der Waals surface area contributed by atoms with Gasteiger partial charge in [0.1, 0.15) is 0 Å². The second-order valence-corrected chi connectivity index (χ2v) is 5.88. The van der Waals surface area contributed by atoms with Crippen LogP contribution in [0, 0.1) is 0 Å². The number of ether oxygens (including phenoxy) is 3. The molecule has 0 fully saturated rings. The molecule has 158 valence electrons. The van der Waals surface area contributed by atoms with Gasteiger partial charge in [-0.2, -0.15) is 13.2 Å². The lowest BCUT2D eigenvalue weighted by atomic mass is 10.2. The second kappa shape index (κ2) is 10.4. The molecule has 0 amide bonds. The Hall–Kier alpha value is -3.17. The standard InChI is InChI=1S/C19H23F3N4O3/c1-23-18(25-9-13-4-6-15(27-2)16(8-13)28-3)26-11-14-5-7-17(24-10-14)29-12-19(20,21)22/h4-8,10H,9,11-12H2,1-3H3,(H2,23,25,26). The fourth-order valence-electron chi connectivity index (χ4n) is 2.34. The quantitative estimate of drug-likeness (QED) is 0.513. The Kier molecular flexibility index (Phi) is 7.93. The molecule has 29 heavy (non-hydrogen) atoms. The van der Waals surface area contributed by atoms with Gasteiger partial charge >= 0.3 is 6.18 Å². The van der Waals surface area contributed by atoms with Crippen molar-refractivity contribution >= 4 is 5.96 Å². The minimum absolute atomic E-state index is 0.0814. The van der Waals surface area contributed by atoms with Gasteiger partial charge in [-0.25, -0.2) is 4.98 Å². The Morgan fingerprint density at radius 1 is 1.00 bits per heavy atom. The van der Waals surface area contributed by atoms with Crippen molar-refractivity contribution in [2.24, 2.45) is 4.99 Å². The fraction of sp³-hybridized carbons (Fsp3) is 0.368. The average Bonchev–Trinajstić information content (AvgIpc) is 2.72. The molecular weight excluding hydrogens is 389 g/mol. The molecule has 0 spiro atoms. The number of alkyl halides is 3. The second-order valence-electron chi connectivity index (χ2n) is 5.88. The third-order valence-corrected chi connectivity index (χ3v) is 3.77. The summed E-state index contributed by atoms with van der Waals surface area (Å²) in [5, 5.41) is 6.27. The van der Waals surface area contributed by atoms with E-state index in [0.29, 0.717) is 30.5 Å². The molecule has 0 aliphatic heterocycles. The van der Waals surface area contributed by atoms with E-state index in [1.165, 1.54) is 12.3 Å². The Bertz CT molecular complexity index is 811. The van der Waals surface area contributed by atoms with Gasteiger partial charge in [-0.15, -0.1) is 0 Å². The first-order valence-electron chi connectivity index (χ1n) is 8.64. The van der Waals surface area contributed by atoms with Crippen molar-refractivity contribution in [2.45, 2.75) is 19.3 Å². The highest BCUT2D eigenvalue weighted by atomic mass is 19.4. The zero-order valence-electron chi connectivity index (χ0n) is 16.3. The van der Waals surface area contributed by atoms with Gasteiger partial charge in [0.25, 0.3) is 0 Å². The predicted molar refractivity (Wildman–Crippen MR) is 102 cm³/mol. The van der Waals surface area contributed by atoms with Crippen molar-refractivity contribution in [1.82, 2.24) is 15.6 Å². The number of aliphatic imine (C=N–C) groups is 1. The van der Waals surface area contributed by atoms with E-state index in [0.717, 1.165) is 11.1 Å². The first kappa shape index (κ1) is 22.1. The lowest BCUT2D eigenvalue weighted by Crippen LogP contribution is -2.36. The fourth-order valence-corrected chi connectivity index (χ4v) is 2.34. The van der Waals surface area contributed by atoms with Crippen molar-refractivity contribution in [1.29, 1.82) is 0 Å². The van der Waals surface area contributed by atoms with Crippen LogP contribution in [0.4, 0.5) is 13.2 Å². The Labute approximate surface area is 166 Å². The summed E-state index contributed by atoms with van der Waals surface area (Å²) in [6.45, 7) is -0.481. The minimum atomic E-state index is -4.39. The van der Waals surface area contributed by atoms with Crippen LogP contribution in [0.2, 0.25) is 0 Å². The number of hydrogen-bond donors (Lipinski definition) is 2. The molecule has 0 unspecified atom stereocenters. The average molecular weight is 412 g/mol. The van der Waals surface area contributed by atoms with Crippen LogP contribution < -0.4 is 24.8 Å². The van der Waals surface area contributed by atoms with Crippen LogP contribution in [0.15, 0.2) is 41.5 Å². The third kappa shape index (κ3) is 7.40. The minimum Gasteiger partial charge on any atom is -0.493 e. The molecule has 0 bridgehead atoms. The molecule has 7 nitrogen and oxygen atoms in total. The molecule has 2 aromatic rings. The van der Waals surface area contributed by atoms with Gasteiger partial charge in [-0.05, 0) is 23.3 Å². The highest BCUT2D eigenvalue weighted by Crippen LogP contribution is 2.27. The van der Waals surface area contributed by atoms with Gasteiger partial charge in [0.05, 0.1) is 14.2 Å². The third-order valence-electron chi connectivity index (χ3n) is 3.77. The van der Waals surface area contributed by atoms with Crippen LogP contribution in [0.3, 0.4) is 0 Å². The molecule has 10 heteroatoms. The molecule has 0 saturated heterocycles. The van der Waals surface area contributed by atoms with Crippen molar-refractivity contribution in [3.63, 3.8) is 0 Å².